The maximum absolute atomic E-state index is 13.2. The van der Waals surface area contributed by atoms with Crippen LogP contribution in [0.25, 0.3) is 0 Å². The lowest BCUT2D eigenvalue weighted by Gasteiger charge is -2.31. The van der Waals surface area contributed by atoms with Crippen molar-refractivity contribution in [1.29, 1.82) is 0 Å². The first-order chi connectivity index (χ1) is 15.1. The largest absolute Gasteiger partial charge is 0.482 e. The van der Waals surface area contributed by atoms with Crippen molar-refractivity contribution in [1.82, 2.24) is 10.2 Å². The van der Waals surface area contributed by atoms with Gasteiger partial charge in [-0.25, -0.2) is 0 Å². The van der Waals surface area contributed by atoms with Crippen LogP contribution in [0.3, 0.4) is 0 Å². The van der Waals surface area contributed by atoms with Gasteiger partial charge in [0.15, 0.2) is 6.61 Å². The number of carbonyl (C=O) groups excluding carboxylic acids is 2. The third-order valence-corrected chi connectivity index (χ3v) is 5.79. The van der Waals surface area contributed by atoms with Gasteiger partial charge < -0.3 is 15.0 Å². The second-order valence-electron chi connectivity index (χ2n) is 7.68. The highest BCUT2D eigenvalue weighted by Gasteiger charge is 2.29. The summed E-state index contributed by atoms with van der Waals surface area (Å²) in [6.45, 7) is 6.18. The molecule has 2 aromatic rings. The first-order valence-corrected chi connectivity index (χ1v) is 11.7. The molecule has 0 saturated heterocycles. The maximum Gasteiger partial charge on any atom is 0.261 e. The molecule has 0 radical (unpaired) electrons. The summed E-state index contributed by atoms with van der Waals surface area (Å²) in [4.78, 5) is 27.6. The van der Waals surface area contributed by atoms with Gasteiger partial charge >= 0.3 is 0 Å². The van der Waals surface area contributed by atoms with Crippen LogP contribution < -0.4 is 10.1 Å². The molecule has 32 heavy (non-hydrogen) atoms. The lowest BCUT2D eigenvalue weighted by Crippen LogP contribution is -2.50. The fourth-order valence-corrected chi connectivity index (χ4v) is 3.92. The van der Waals surface area contributed by atoms with E-state index in [0.29, 0.717) is 44.4 Å². The van der Waals surface area contributed by atoms with Gasteiger partial charge in [0.05, 0.1) is 5.02 Å². The summed E-state index contributed by atoms with van der Waals surface area (Å²) in [7, 11) is 0. The Morgan fingerprint density at radius 3 is 2.19 bits per heavy atom. The SMILES string of the molecule is CCC(C(=O)NCC(C)C)N(Cc1ccc(Cl)cc1Cl)C(=O)COc1ccc(Cl)cc1Cl. The molecule has 9 heteroatoms. The molecule has 0 fully saturated rings. The van der Waals surface area contributed by atoms with Gasteiger partial charge in [0.2, 0.25) is 5.91 Å². The molecule has 174 valence electrons. The number of nitrogens with zero attached hydrogens (tertiary/aromatic N) is 1. The zero-order valence-corrected chi connectivity index (χ0v) is 21.2. The number of hydrogen-bond acceptors (Lipinski definition) is 3. The third-order valence-electron chi connectivity index (χ3n) is 4.67. The highest BCUT2D eigenvalue weighted by Crippen LogP contribution is 2.28. The van der Waals surface area contributed by atoms with Crippen LogP contribution in [-0.2, 0) is 16.1 Å². The van der Waals surface area contributed by atoms with Gasteiger partial charge in [-0.05, 0) is 48.2 Å². The molecule has 1 N–H and O–H groups in total. The van der Waals surface area contributed by atoms with Gasteiger partial charge in [0.25, 0.3) is 5.91 Å². The molecule has 2 rings (SSSR count). The summed E-state index contributed by atoms with van der Waals surface area (Å²) in [5.74, 6) is -0.00867. The number of amides is 2. The van der Waals surface area contributed by atoms with E-state index in [1.54, 1.807) is 30.3 Å². The highest BCUT2D eigenvalue weighted by molar-refractivity contribution is 6.35. The predicted octanol–water partition coefficient (Wildman–Crippen LogP) is 6.26. The Hall–Kier alpha value is -1.66. The summed E-state index contributed by atoms with van der Waals surface area (Å²) in [6, 6.07) is 9.07. The van der Waals surface area contributed by atoms with Crippen LogP contribution in [-0.4, -0.2) is 35.9 Å². The molecule has 0 bridgehead atoms. The molecular weight excluding hydrogens is 494 g/mol. The minimum atomic E-state index is -0.697. The van der Waals surface area contributed by atoms with Gasteiger partial charge in [-0.1, -0.05) is 73.2 Å². The third kappa shape index (κ3) is 7.73. The van der Waals surface area contributed by atoms with Gasteiger partial charge in [-0.15, -0.1) is 0 Å². The minimum Gasteiger partial charge on any atom is -0.482 e. The van der Waals surface area contributed by atoms with E-state index < -0.39 is 6.04 Å². The Morgan fingerprint density at radius 2 is 1.62 bits per heavy atom. The molecule has 2 amide bonds. The van der Waals surface area contributed by atoms with Crippen molar-refractivity contribution >= 4 is 58.2 Å². The molecule has 0 saturated carbocycles. The van der Waals surface area contributed by atoms with Crippen LogP contribution in [0.5, 0.6) is 5.75 Å². The summed E-state index contributed by atoms with van der Waals surface area (Å²) < 4.78 is 5.63. The van der Waals surface area contributed by atoms with E-state index in [1.165, 1.54) is 11.0 Å². The van der Waals surface area contributed by atoms with Crippen LogP contribution in [0.4, 0.5) is 0 Å². The topological polar surface area (TPSA) is 58.6 Å². The summed E-state index contributed by atoms with van der Waals surface area (Å²) in [5, 5.41) is 4.55. The number of rotatable bonds is 10. The van der Waals surface area contributed by atoms with Gasteiger partial charge in [-0.3, -0.25) is 9.59 Å². The monoisotopic (exact) mass is 518 g/mol. The van der Waals surface area contributed by atoms with Crippen LogP contribution >= 0.6 is 46.4 Å². The Balaban J connectivity index is 2.26. The van der Waals surface area contributed by atoms with Crippen molar-refractivity contribution in [2.75, 3.05) is 13.2 Å². The number of nitrogens with one attached hydrogen (secondary N) is 1. The van der Waals surface area contributed by atoms with E-state index in [9.17, 15) is 9.59 Å². The van der Waals surface area contributed by atoms with E-state index >= 15 is 0 Å². The van der Waals surface area contributed by atoms with Crippen molar-refractivity contribution < 1.29 is 14.3 Å². The van der Waals surface area contributed by atoms with E-state index in [4.69, 9.17) is 51.1 Å². The van der Waals surface area contributed by atoms with Crippen molar-refractivity contribution in [2.24, 2.45) is 5.92 Å². The number of carbonyl (C=O) groups is 2. The Labute approximate surface area is 208 Å². The highest BCUT2D eigenvalue weighted by atomic mass is 35.5. The fraction of sp³-hybridized carbons (Fsp3) is 0.391. The van der Waals surface area contributed by atoms with E-state index in [1.807, 2.05) is 20.8 Å². The van der Waals surface area contributed by atoms with Crippen molar-refractivity contribution in [3.63, 3.8) is 0 Å². The molecule has 2 aromatic carbocycles. The predicted molar refractivity (Wildman–Crippen MR) is 131 cm³/mol. The van der Waals surface area contributed by atoms with Gasteiger partial charge in [0.1, 0.15) is 11.8 Å². The first kappa shape index (κ1) is 26.6. The Morgan fingerprint density at radius 1 is 1.00 bits per heavy atom. The Kier molecular flexibility index (Phi) is 10.4. The van der Waals surface area contributed by atoms with Crippen molar-refractivity contribution in [3.05, 3.63) is 62.1 Å². The molecule has 0 spiro atoms. The maximum atomic E-state index is 13.2. The standard InChI is InChI=1S/C23H26Cl4N2O3/c1-4-20(23(31)28-11-14(2)3)29(12-15-5-6-16(24)9-18(15)26)22(30)13-32-21-8-7-17(25)10-19(21)27/h5-10,14,20H,4,11-13H2,1-3H3,(H,28,31). The number of benzene rings is 2. The van der Waals surface area contributed by atoms with E-state index in [2.05, 4.69) is 5.32 Å². The number of hydrogen-bond donors (Lipinski definition) is 1. The average molecular weight is 520 g/mol. The van der Waals surface area contributed by atoms with Gasteiger partial charge in [-0.2, -0.15) is 0 Å². The number of halogens is 4. The zero-order chi connectivity index (χ0) is 23.8. The van der Waals surface area contributed by atoms with Crippen LogP contribution in [0, 0.1) is 5.92 Å². The van der Waals surface area contributed by atoms with Crippen molar-refractivity contribution in [2.45, 2.75) is 39.8 Å². The van der Waals surface area contributed by atoms with Crippen molar-refractivity contribution in [3.8, 4) is 5.75 Å². The van der Waals surface area contributed by atoms with Crippen LogP contribution in [0.15, 0.2) is 36.4 Å². The van der Waals surface area contributed by atoms with E-state index in [-0.39, 0.29) is 30.9 Å². The smallest absolute Gasteiger partial charge is 0.261 e. The first-order valence-electron chi connectivity index (χ1n) is 10.2. The molecular formula is C23H26Cl4N2O3. The normalized spacial score (nSPS) is 11.9. The van der Waals surface area contributed by atoms with E-state index in [0.717, 1.165) is 0 Å². The fourth-order valence-electron chi connectivity index (χ4n) is 2.99. The molecule has 1 atom stereocenters. The molecule has 0 aliphatic rings. The average Bonchev–Trinajstić information content (AvgIpc) is 2.72. The molecule has 0 aliphatic carbocycles. The van der Waals surface area contributed by atoms with Gasteiger partial charge in [0, 0.05) is 28.2 Å². The zero-order valence-electron chi connectivity index (χ0n) is 18.1. The van der Waals surface area contributed by atoms with Crippen LogP contribution in [0.2, 0.25) is 20.1 Å². The quantitative estimate of drug-likeness (QED) is 0.403. The summed E-state index contributed by atoms with van der Waals surface area (Å²) in [5.41, 5.74) is 0.670. The molecule has 0 heterocycles. The molecule has 5 nitrogen and oxygen atoms in total. The molecule has 1 unspecified atom stereocenters. The number of ether oxygens (including phenoxy) is 1. The second-order valence-corrected chi connectivity index (χ2v) is 9.37. The summed E-state index contributed by atoms with van der Waals surface area (Å²) in [6.07, 6.45) is 0.419. The van der Waals surface area contributed by atoms with Crippen LogP contribution in [0.1, 0.15) is 32.8 Å². The Bertz CT molecular complexity index is 953. The second kappa shape index (κ2) is 12.5. The lowest BCUT2D eigenvalue weighted by molar-refractivity contribution is -0.143. The minimum absolute atomic E-state index is 0.125. The molecule has 0 aromatic heterocycles. The summed E-state index contributed by atoms with van der Waals surface area (Å²) >= 11 is 24.4. The molecule has 0 aliphatic heterocycles. The lowest BCUT2D eigenvalue weighted by atomic mass is 10.1.